The maximum Gasteiger partial charge on any atom is 0.226 e. The molecule has 150 valence electrons. The summed E-state index contributed by atoms with van der Waals surface area (Å²) in [5.74, 6) is 0.963. The molecule has 4 rings (SSSR count). The molecule has 1 aromatic heterocycles. The van der Waals surface area contributed by atoms with E-state index in [0.717, 1.165) is 36.3 Å². The number of nitrogens with one attached hydrogen (secondary N) is 3. The third-order valence-electron chi connectivity index (χ3n) is 5.93. The highest BCUT2D eigenvalue weighted by Crippen LogP contribution is 2.31. The maximum absolute atomic E-state index is 12.6. The fourth-order valence-electron chi connectivity index (χ4n) is 4.37. The van der Waals surface area contributed by atoms with Gasteiger partial charge in [-0.15, -0.1) is 0 Å². The molecule has 0 bridgehead atoms. The van der Waals surface area contributed by atoms with Gasteiger partial charge in [-0.25, -0.2) is 4.98 Å². The topological polar surface area (TPSA) is 88.3 Å². The van der Waals surface area contributed by atoms with E-state index in [4.69, 9.17) is 9.47 Å². The van der Waals surface area contributed by atoms with Gasteiger partial charge < -0.3 is 19.8 Å². The summed E-state index contributed by atoms with van der Waals surface area (Å²) in [5.41, 5.74) is 2.13. The van der Waals surface area contributed by atoms with Crippen molar-refractivity contribution in [2.75, 3.05) is 14.2 Å². The highest BCUT2D eigenvalue weighted by Gasteiger charge is 2.44. The number of aromatic amines is 1. The van der Waals surface area contributed by atoms with Gasteiger partial charge in [-0.3, -0.25) is 10.1 Å². The van der Waals surface area contributed by atoms with Crippen LogP contribution in [0, 0.1) is 5.92 Å². The predicted octanol–water partition coefficient (Wildman–Crippen LogP) is 1.86. The molecule has 2 aliphatic rings. The van der Waals surface area contributed by atoms with Gasteiger partial charge in [-0.05, 0) is 24.8 Å². The molecule has 28 heavy (non-hydrogen) atoms. The highest BCUT2D eigenvalue weighted by atomic mass is 16.5. The minimum Gasteiger partial charge on any atom is -0.379 e. The van der Waals surface area contributed by atoms with Crippen LogP contribution in [-0.2, 0) is 20.7 Å². The molecule has 0 radical (unpaired) electrons. The Morgan fingerprint density at radius 3 is 2.61 bits per heavy atom. The predicted molar refractivity (Wildman–Crippen MR) is 106 cm³/mol. The number of carbonyl (C=O) groups excluding carboxylic acids is 1. The van der Waals surface area contributed by atoms with Crippen LogP contribution < -0.4 is 10.6 Å². The van der Waals surface area contributed by atoms with Gasteiger partial charge in [0.05, 0.1) is 36.2 Å². The summed E-state index contributed by atoms with van der Waals surface area (Å²) in [7, 11) is 3.39. The van der Waals surface area contributed by atoms with Gasteiger partial charge in [0.15, 0.2) is 0 Å². The van der Waals surface area contributed by atoms with E-state index in [9.17, 15) is 4.79 Å². The molecule has 1 aromatic carbocycles. The van der Waals surface area contributed by atoms with Crippen LogP contribution in [0.5, 0.6) is 0 Å². The molecule has 5 unspecified atom stereocenters. The van der Waals surface area contributed by atoms with Crippen LogP contribution in [0.4, 0.5) is 0 Å². The molecule has 1 saturated heterocycles. The van der Waals surface area contributed by atoms with Gasteiger partial charge in [0, 0.05) is 26.7 Å². The van der Waals surface area contributed by atoms with Crippen molar-refractivity contribution in [2.24, 2.45) is 5.92 Å². The van der Waals surface area contributed by atoms with E-state index in [0.29, 0.717) is 6.42 Å². The number of imidazole rings is 1. The second-order valence-corrected chi connectivity index (χ2v) is 7.61. The Morgan fingerprint density at radius 1 is 1.11 bits per heavy atom. The summed E-state index contributed by atoms with van der Waals surface area (Å²) in [5, 5.41) is 6.71. The van der Waals surface area contributed by atoms with Gasteiger partial charge in [0.2, 0.25) is 5.91 Å². The van der Waals surface area contributed by atoms with E-state index in [2.05, 4.69) is 32.7 Å². The van der Waals surface area contributed by atoms with Crippen LogP contribution in [0.1, 0.15) is 25.1 Å². The fourth-order valence-corrected chi connectivity index (χ4v) is 4.37. The first-order valence-electron chi connectivity index (χ1n) is 9.89. The van der Waals surface area contributed by atoms with Crippen LogP contribution in [0.3, 0.4) is 0 Å². The van der Waals surface area contributed by atoms with Crippen LogP contribution >= 0.6 is 0 Å². The Hall–Kier alpha value is -2.22. The third-order valence-corrected chi connectivity index (χ3v) is 5.93. The zero-order chi connectivity index (χ0) is 19.5. The molecular weight excluding hydrogens is 356 g/mol. The second kappa shape index (κ2) is 8.43. The number of aryl methyl sites for hydroxylation is 1. The lowest BCUT2D eigenvalue weighted by Crippen LogP contribution is -2.65. The van der Waals surface area contributed by atoms with Gasteiger partial charge in [-0.1, -0.05) is 30.3 Å². The van der Waals surface area contributed by atoms with Crippen LogP contribution in [-0.4, -0.2) is 54.5 Å². The number of rotatable bonds is 6. The van der Waals surface area contributed by atoms with Crippen LogP contribution in [0.15, 0.2) is 36.5 Å². The van der Waals surface area contributed by atoms with Crippen molar-refractivity contribution >= 4 is 5.91 Å². The van der Waals surface area contributed by atoms with E-state index < -0.39 is 0 Å². The Bertz CT molecular complexity index is 794. The van der Waals surface area contributed by atoms with Crippen molar-refractivity contribution in [1.29, 1.82) is 0 Å². The molecule has 7 nitrogen and oxygen atoms in total. The van der Waals surface area contributed by atoms with E-state index in [1.807, 2.05) is 24.4 Å². The fraction of sp³-hybridized carbons (Fsp3) is 0.524. The van der Waals surface area contributed by atoms with E-state index in [1.54, 1.807) is 14.2 Å². The summed E-state index contributed by atoms with van der Waals surface area (Å²) < 4.78 is 11.1. The molecule has 1 amide bonds. The van der Waals surface area contributed by atoms with Crippen molar-refractivity contribution in [1.82, 2.24) is 20.6 Å². The molecule has 2 heterocycles. The maximum atomic E-state index is 12.6. The lowest BCUT2D eigenvalue weighted by Gasteiger charge is -2.44. The van der Waals surface area contributed by atoms with Crippen molar-refractivity contribution in [3.8, 4) is 11.3 Å². The van der Waals surface area contributed by atoms with Gasteiger partial charge >= 0.3 is 0 Å². The number of benzene rings is 1. The summed E-state index contributed by atoms with van der Waals surface area (Å²) >= 11 is 0. The minimum atomic E-state index is -0.0686. The monoisotopic (exact) mass is 384 g/mol. The number of ether oxygens (including phenoxy) is 2. The second-order valence-electron chi connectivity index (χ2n) is 7.61. The number of carbonyl (C=O) groups is 1. The molecule has 1 aliphatic heterocycles. The summed E-state index contributed by atoms with van der Waals surface area (Å²) in [6, 6.07) is 10.3. The minimum absolute atomic E-state index is 0.0174. The number of fused-ring (bicyclic) bond motifs is 1. The summed E-state index contributed by atoms with van der Waals surface area (Å²) in [4.78, 5) is 20.5. The number of methoxy groups -OCH3 is 2. The van der Waals surface area contributed by atoms with Gasteiger partial charge in [0.25, 0.3) is 0 Å². The zero-order valence-corrected chi connectivity index (χ0v) is 16.4. The van der Waals surface area contributed by atoms with Crippen LogP contribution in [0.25, 0.3) is 11.3 Å². The molecule has 5 atom stereocenters. The summed E-state index contributed by atoms with van der Waals surface area (Å²) in [6.45, 7) is 0. The molecule has 2 fully saturated rings. The first kappa shape index (κ1) is 19.1. The lowest BCUT2D eigenvalue weighted by atomic mass is 9.78. The average molecular weight is 384 g/mol. The Balaban J connectivity index is 1.35. The molecular formula is C21H28N4O3. The smallest absolute Gasteiger partial charge is 0.226 e. The molecule has 7 heteroatoms. The average Bonchev–Trinajstić information content (AvgIpc) is 3.21. The first-order chi connectivity index (χ1) is 13.7. The van der Waals surface area contributed by atoms with Gasteiger partial charge in [-0.2, -0.15) is 0 Å². The van der Waals surface area contributed by atoms with E-state index in [1.165, 1.54) is 0 Å². The normalized spacial score (nSPS) is 29.9. The molecule has 0 spiro atoms. The SMILES string of the molecule is COC1CC2NC(CCc3ncc(-c4ccccc4)[nH]3)NC(=O)C2CC1OC. The van der Waals surface area contributed by atoms with Gasteiger partial charge in [0.1, 0.15) is 5.82 Å². The lowest BCUT2D eigenvalue weighted by molar-refractivity contribution is -0.139. The Kier molecular flexibility index (Phi) is 5.75. The van der Waals surface area contributed by atoms with Crippen molar-refractivity contribution in [3.05, 3.63) is 42.4 Å². The molecule has 1 aliphatic carbocycles. The number of hydrogen-bond acceptors (Lipinski definition) is 5. The standard InChI is InChI=1S/C21H28N4O3/c1-27-17-10-14-15(11-18(17)28-2)23-20(25-21(14)26)9-8-19-22-12-16(24-19)13-6-4-3-5-7-13/h3-7,12,14-15,17-18,20,23H,8-11H2,1-2H3,(H,22,24)(H,25,26). The number of nitrogens with zero attached hydrogens (tertiary/aromatic N) is 1. The zero-order valence-electron chi connectivity index (χ0n) is 16.4. The molecule has 1 saturated carbocycles. The first-order valence-corrected chi connectivity index (χ1v) is 9.89. The summed E-state index contributed by atoms with van der Waals surface area (Å²) in [6.07, 6.45) is 4.79. The largest absolute Gasteiger partial charge is 0.379 e. The number of H-pyrrole nitrogens is 1. The van der Waals surface area contributed by atoms with Crippen molar-refractivity contribution in [2.45, 2.75) is 50.1 Å². The number of amides is 1. The van der Waals surface area contributed by atoms with Crippen LogP contribution in [0.2, 0.25) is 0 Å². The van der Waals surface area contributed by atoms with E-state index in [-0.39, 0.29) is 36.2 Å². The van der Waals surface area contributed by atoms with E-state index >= 15 is 0 Å². The molecule has 3 N–H and O–H groups in total. The third kappa shape index (κ3) is 3.97. The number of hydrogen-bond donors (Lipinski definition) is 3. The molecule has 2 aromatic rings. The quantitative estimate of drug-likeness (QED) is 0.708. The van der Waals surface area contributed by atoms with Crippen molar-refractivity contribution < 1.29 is 14.3 Å². The number of aromatic nitrogens is 2. The Morgan fingerprint density at radius 2 is 1.86 bits per heavy atom. The Labute approximate surface area is 165 Å². The van der Waals surface area contributed by atoms with Crippen molar-refractivity contribution in [3.63, 3.8) is 0 Å². The highest BCUT2D eigenvalue weighted by molar-refractivity contribution is 5.80.